The van der Waals surface area contributed by atoms with Gasteiger partial charge in [-0.15, -0.1) is 0 Å². The van der Waals surface area contributed by atoms with Gasteiger partial charge in [-0.3, -0.25) is 9.69 Å². The summed E-state index contributed by atoms with van der Waals surface area (Å²) >= 11 is 0. The van der Waals surface area contributed by atoms with Crippen LogP contribution in [0, 0.1) is 0 Å². The minimum absolute atomic E-state index is 0.121. The van der Waals surface area contributed by atoms with E-state index in [1.165, 1.54) is 0 Å². The molecule has 1 aromatic rings. The fourth-order valence-corrected chi connectivity index (χ4v) is 2.80. The van der Waals surface area contributed by atoms with Gasteiger partial charge >= 0.3 is 0 Å². The summed E-state index contributed by atoms with van der Waals surface area (Å²) in [6, 6.07) is 7.48. The van der Waals surface area contributed by atoms with Gasteiger partial charge in [-0.1, -0.05) is 12.1 Å². The SMILES string of the molecule is CCOc1ccccc1C(=O)CN1CCCC(OCC)C1. The maximum absolute atomic E-state index is 12.5. The molecule has 1 heterocycles. The lowest BCUT2D eigenvalue weighted by molar-refractivity contribution is 0.00716. The highest BCUT2D eigenvalue weighted by atomic mass is 16.5. The van der Waals surface area contributed by atoms with Crippen LogP contribution in [-0.4, -0.2) is 49.6 Å². The number of piperidine rings is 1. The second kappa shape index (κ2) is 8.15. The van der Waals surface area contributed by atoms with E-state index in [9.17, 15) is 4.79 Å². The molecule has 1 aliphatic heterocycles. The predicted molar refractivity (Wildman–Crippen MR) is 83.0 cm³/mol. The highest BCUT2D eigenvalue weighted by Gasteiger charge is 2.23. The second-order valence-corrected chi connectivity index (χ2v) is 5.31. The van der Waals surface area contributed by atoms with E-state index in [1.807, 2.05) is 38.1 Å². The summed E-state index contributed by atoms with van der Waals surface area (Å²) in [7, 11) is 0. The Morgan fingerprint density at radius 2 is 2.10 bits per heavy atom. The number of ether oxygens (including phenoxy) is 2. The van der Waals surface area contributed by atoms with Gasteiger partial charge in [0, 0.05) is 13.2 Å². The van der Waals surface area contributed by atoms with Crippen LogP contribution in [0.25, 0.3) is 0 Å². The molecule has 21 heavy (non-hydrogen) atoms. The van der Waals surface area contributed by atoms with Crippen molar-refractivity contribution in [3.63, 3.8) is 0 Å². The van der Waals surface area contributed by atoms with Crippen LogP contribution in [0.3, 0.4) is 0 Å². The number of carbonyl (C=O) groups is 1. The molecule has 4 heteroatoms. The summed E-state index contributed by atoms with van der Waals surface area (Å²) in [6.07, 6.45) is 2.44. The van der Waals surface area contributed by atoms with Crippen LogP contribution in [0.2, 0.25) is 0 Å². The van der Waals surface area contributed by atoms with E-state index in [0.29, 0.717) is 24.5 Å². The number of carbonyl (C=O) groups excluding carboxylic acids is 1. The molecule has 2 rings (SSSR count). The monoisotopic (exact) mass is 291 g/mol. The van der Waals surface area contributed by atoms with E-state index in [-0.39, 0.29) is 11.9 Å². The van der Waals surface area contributed by atoms with Gasteiger partial charge in [-0.2, -0.15) is 0 Å². The number of benzene rings is 1. The molecule has 0 aliphatic carbocycles. The first-order valence-electron chi connectivity index (χ1n) is 7.83. The summed E-state index contributed by atoms with van der Waals surface area (Å²) in [6.45, 7) is 7.50. The molecule has 1 saturated heterocycles. The number of hydrogen-bond acceptors (Lipinski definition) is 4. The minimum Gasteiger partial charge on any atom is -0.493 e. The van der Waals surface area contributed by atoms with Crippen molar-refractivity contribution >= 4 is 5.78 Å². The summed E-state index contributed by atoms with van der Waals surface area (Å²) in [5.41, 5.74) is 0.679. The molecular formula is C17H25NO3. The Labute approximate surface area is 127 Å². The van der Waals surface area contributed by atoms with Crippen LogP contribution in [0.15, 0.2) is 24.3 Å². The number of likely N-dealkylation sites (tertiary alicyclic amines) is 1. The van der Waals surface area contributed by atoms with Crippen molar-refractivity contribution in [3.8, 4) is 5.75 Å². The van der Waals surface area contributed by atoms with Gasteiger partial charge in [0.1, 0.15) is 5.75 Å². The van der Waals surface area contributed by atoms with E-state index >= 15 is 0 Å². The summed E-state index contributed by atoms with van der Waals surface area (Å²) in [5.74, 6) is 0.805. The van der Waals surface area contributed by atoms with Crippen LogP contribution in [-0.2, 0) is 4.74 Å². The van der Waals surface area contributed by atoms with E-state index < -0.39 is 0 Å². The number of Topliss-reactive ketones (excluding diaryl/α,β-unsaturated/α-hetero) is 1. The first kappa shape index (κ1) is 16.0. The molecule has 1 fully saturated rings. The Bertz CT molecular complexity index is 459. The Hall–Kier alpha value is -1.39. The fraction of sp³-hybridized carbons (Fsp3) is 0.588. The molecule has 0 spiro atoms. The molecule has 1 aromatic carbocycles. The number of para-hydroxylation sites is 1. The number of rotatable bonds is 7. The average Bonchev–Trinajstić information content (AvgIpc) is 2.49. The minimum atomic E-state index is 0.121. The lowest BCUT2D eigenvalue weighted by atomic mass is 10.1. The molecule has 1 atom stereocenters. The molecular weight excluding hydrogens is 266 g/mol. The van der Waals surface area contributed by atoms with Crippen molar-refractivity contribution in [1.82, 2.24) is 4.90 Å². The van der Waals surface area contributed by atoms with Gasteiger partial charge in [0.2, 0.25) is 0 Å². The van der Waals surface area contributed by atoms with Crippen molar-refractivity contribution < 1.29 is 14.3 Å². The first-order valence-corrected chi connectivity index (χ1v) is 7.83. The highest BCUT2D eigenvalue weighted by molar-refractivity contribution is 6.00. The normalized spacial score (nSPS) is 19.4. The molecule has 1 unspecified atom stereocenters. The van der Waals surface area contributed by atoms with E-state index in [0.717, 1.165) is 32.5 Å². The Morgan fingerprint density at radius 1 is 1.29 bits per heavy atom. The van der Waals surface area contributed by atoms with E-state index in [4.69, 9.17) is 9.47 Å². The summed E-state index contributed by atoms with van der Waals surface area (Å²) in [4.78, 5) is 14.7. The standard InChI is InChI=1S/C17H25NO3/c1-3-20-14-8-7-11-18(12-14)13-16(19)15-9-5-6-10-17(15)21-4-2/h5-6,9-10,14H,3-4,7-8,11-13H2,1-2H3. The molecule has 0 amide bonds. The molecule has 116 valence electrons. The predicted octanol–water partition coefficient (Wildman–Crippen LogP) is 2.77. The third-order valence-electron chi connectivity index (χ3n) is 3.72. The Balaban J connectivity index is 1.97. The van der Waals surface area contributed by atoms with Gasteiger partial charge in [0.05, 0.1) is 24.8 Å². The van der Waals surface area contributed by atoms with Crippen molar-refractivity contribution in [2.45, 2.75) is 32.8 Å². The number of ketones is 1. The van der Waals surface area contributed by atoms with Crippen LogP contribution in [0.1, 0.15) is 37.0 Å². The second-order valence-electron chi connectivity index (χ2n) is 5.31. The van der Waals surface area contributed by atoms with E-state index in [2.05, 4.69) is 4.90 Å². The Morgan fingerprint density at radius 3 is 2.86 bits per heavy atom. The summed E-state index contributed by atoms with van der Waals surface area (Å²) < 4.78 is 11.2. The van der Waals surface area contributed by atoms with Gasteiger partial charge in [-0.25, -0.2) is 0 Å². The molecule has 0 aromatic heterocycles. The first-order chi connectivity index (χ1) is 10.2. The van der Waals surface area contributed by atoms with Crippen LogP contribution in [0.5, 0.6) is 5.75 Å². The smallest absolute Gasteiger partial charge is 0.180 e. The lowest BCUT2D eigenvalue weighted by Crippen LogP contribution is -2.42. The third kappa shape index (κ3) is 4.55. The molecule has 0 radical (unpaired) electrons. The maximum Gasteiger partial charge on any atom is 0.180 e. The van der Waals surface area contributed by atoms with Crippen LogP contribution >= 0.6 is 0 Å². The fourth-order valence-electron chi connectivity index (χ4n) is 2.80. The molecule has 0 bridgehead atoms. The van der Waals surface area contributed by atoms with Gasteiger partial charge < -0.3 is 9.47 Å². The third-order valence-corrected chi connectivity index (χ3v) is 3.72. The topological polar surface area (TPSA) is 38.8 Å². The van der Waals surface area contributed by atoms with E-state index in [1.54, 1.807) is 0 Å². The lowest BCUT2D eigenvalue weighted by Gasteiger charge is -2.32. The van der Waals surface area contributed by atoms with Gasteiger partial charge in [0.25, 0.3) is 0 Å². The zero-order valence-corrected chi connectivity index (χ0v) is 13.0. The van der Waals surface area contributed by atoms with Crippen molar-refractivity contribution in [2.75, 3.05) is 32.8 Å². The molecule has 4 nitrogen and oxygen atoms in total. The van der Waals surface area contributed by atoms with Crippen LogP contribution < -0.4 is 4.74 Å². The number of hydrogen-bond donors (Lipinski definition) is 0. The molecule has 0 N–H and O–H groups in total. The van der Waals surface area contributed by atoms with Gasteiger partial charge in [0.15, 0.2) is 5.78 Å². The van der Waals surface area contributed by atoms with Crippen molar-refractivity contribution in [2.24, 2.45) is 0 Å². The highest BCUT2D eigenvalue weighted by Crippen LogP contribution is 2.20. The average molecular weight is 291 g/mol. The molecule has 0 saturated carbocycles. The number of nitrogens with zero attached hydrogens (tertiary/aromatic N) is 1. The largest absolute Gasteiger partial charge is 0.493 e. The van der Waals surface area contributed by atoms with Crippen molar-refractivity contribution in [3.05, 3.63) is 29.8 Å². The quantitative estimate of drug-likeness (QED) is 0.724. The zero-order chi connectivity index (χ0) is 15.1. The van der Waals surface area contributed by atoms with Crippen molar-refractivity contribution in [1.29, 1.82) is 0 Å². The summed E-state index contributed by atoms with van der Waals surface area (Å²) in [5, 5.41) is 0. The Kier molecular flexibility index (Phi) is 6.21. The van der Waals surface area contributed by atoms with Crippen LogP contribution in [0.4, 0.5) is 0 Å². The maximum atomic E-state index is 12.5. The zero-order valence-electron chi connectivity index (χ0n) is 13.0. The van der Waals surface area contributed by atoms with Gasteiger partial charge in [-0.05, 0) is 45.4 Å². The molecule has 1 aliphatic rings.